The molecule has 0 unspecified atom stereocenters. The summed E-state index contributed by atoms with van der Waals surface area (Å²) in [5.74, 6) is 0.664. The molecule has 7 heteroatoms. The molecule has 3 heterocycles. The van der Waals surface area contributed by atoms with E-state index in [0.717, 1.165) is 31.6 Å². The van der Waals surface area contributed by atoms with Gasteiger partial charge in [0, 0.05) is 44.7 Å². The van der Waals surface area contributed by atoms with Gasteiger partial charge in [0.2, 0.25) is 5.88 Å². The van der Waals surface area contributed by atoms with Gasteiger partial charge in [0.15, 0.2) is 0 Å². The van der Waals surface area contributed by atoms with Crippen molar-refractivity contribution in [3.8, 4) is 5.88 Å². The minimum absolute atomic E-state index is 0.124. The number of nitrogens with zero attached hydrogens (tertiary/aromatic N) is 4. The molecular weight excluding hydrogens is 316 g/mol. The van der Waals surface area contributed by atoms with Crippen LogP contribution < -0.4 is 15.2 Å². The van der Waals surface area contributed by atoms with Crippen LogP contribution in [0, 0.1) is 6.92 Å². The number of rotatable bonds is 3. The molecule has 1 aliphatic rings. The maximum Gasteiger partial charge on any atom is 0.287 e. The summed E-state index contributed by atoms with van der Waals surface area (Å²) in [7, 11) is 1.59. The number of halogens is 1. The number of hydrogen-bond donors (Lipinski definition) is 0. The average molecular weight is 335 g/mol. The van der Waals surface area contributed by atoms with Gasteiger partial charge < -0.3 is 9.64 Å². The first-order valence-corrected chi connectivity index (χ1v) is 7.99. The Morgan fingerprint density at radius 2 is 2.04 bits per heavy atom. The molecular formula is C16H19ClN4O2. The molecule has 0 aliphatic carbocycles. The van der Waals surface area contributed by atoms with Crippen molar-refractivity contribution < 1.29 is 4.74 Å². The van der Waals surface area contributed by atoms with Crippen LogP contribution in [0.3, 0.4) is 0 Å². The van der Waals surface area contributed by atoms with Crippen molar-refractivity contribution in [2.75, 3.05) is 18.0 Å². The number of aryl methyl sites for hydroxylation is 2. The van der Waals surface area contributed by atoms with E-state index in [2.05, 4.69) is 15.0 Å². The van der Waals surface area contributed by atoms with Crippen LogP contribution in [0.5, 0.6) is 5.88 Å². The van der Waals surface area contributed by atoms with Gasteiger partial charge in [-0.15, -0.1) is 0 Å². The lowest BCUT2D eigenvalue weighted by atomic mass is 10.1. The van der Waals surface area contributed by atoms with Crippen molar-refractivity contribution in [2.24, 2.45) is 7.05 Å². The van der Waals surface area contributed by atoms with E-state index in [1.807, 2.05) is 25.1 Å². The van der Waals surface area contributed by atoms with Crippen LogP contribution in [0.1, 0.15) is 18.5 Å². The molecule has 23 heavy (non-hydrogen) atoms. The van der Waals surface area contributed by atoms with Crippen molar-refractivity contribution in [1.82, 2.24) is 14.8 Å². The first-order chi connectivity index (χ1) is 11.0. The van der Waals surface area contributed by atoms with E-state index in [-0.39, 0.29) is 16.7 Å². The zero-order valence-corrected chi connectivity index (χ0v) is 14.0. The van der Waals surface area contributed by atoms with Crippen LogP contribution in [-0.2, 0) is 7.05 Å². The fourth-order valence-corrected chi connectivity index (χ4v) is 2.98. The van der Waals surface area contributed by atoms with E-state index in [0.29, 0.717) is 11.6 Å². The van der Waals surface area contributed by atoms with Crippen LogP contribution in [0.25, 0.3) is 0 Å². The Balaban J connectivity index is 1.65. The summed E-state index contributed by atoms with van der Waals surface area (Å²) < 4.78 is 7.18. The molecule has 122 valence electrons. The largest absolute Gasteiger partial charge is 0.474 e. The third kappa shape index (κ3) is 3.47. The van der Waals surface area contributed by atoms with Gasteiger partial charge in [-0.25, -0.2) is 9.67 Å². The summed E-state index contributed by atoms with van der Waals surface area (Å²) in [6.45, 7) is 3.48. The third-order valence-corrected chi connectivity index (χ3v) is 4.35. The standard InChI is InChI=1S/C16H19ClN4O2/c1-11-4-3-5-14(19-11)23-12-6-8-21(9-7-12)13-10-18-20(2)16(22)15(13)17/h3-5,10,12H,6-9H2,1-2H3. The van der Waals surface area contributed by atoms with Crippen LogP contribution in [-0.4, -0.2) is 34.0 Å². The number of aromatic nitrogens is 3. The minimum atomic E-state index is -0.272. The second-order valence-corrected chi connectivity index (χ2v) is 6.07. The van der Waals surface area contributed by atoms with Gasteiger partial charge in [-0.1, -0.05) is 17.7 Å². The highest BCUT2D eigenvalue weighted by atomic mass is 35.5. The smallest absolute Gasteiger partial charge is 0.287 e. The number of pyridine rings is 1. The molecule has 2 aromatic heterocycles. The summed E-state index contributed by atoms with van der Waals surface area (Å²) in [5, 5.41) is 4.27. The van der Waals surface area contributed by atoms with Crippen LogP contribution in [0.4, 0.5) is 5.69 Å². The number of piperidine rings is 1. The predicted molar refractivity (Wildman–Crippen MR) is 89.3 cm³/mol. The third-order valence-electron chi connectivity index (χ3n) is 3.99. The maximum atomic E-state index is 11.9. The van der Waals surface area contributed by atoms with Crippen LogP contribution >= 0.6 is 11.6 Å². The normalized spacial score (nSPS) is 15.7. The van der Waals surface area contributed by atoms with Gasteiger partial charge in [0.05, 0.1) is 11.9 Å². The summed E-state index contributed by atoms with van der Waals surface area (Å²) in [6, 6.07) is 5.76. The van der Waals surface area contributed by atoms with E-state index in [9.17, 15) is 4.79 Å². The Morgan fingerprint density at radius 3 is 2.74 bits per heavy atom. The van der Waals surface area contributed by atoms with Gasteiger partial charge in [-0.2, -0.15) is 5.10 Å². The van der Waals surface area contributed by atoms with E-state index in [1.54, 1.807) is 13.2 Å². The first-order valence-electron chi connectivity index (χ1n) is 7.61. The molecule has 0 spiro atoms. The molecule has 1 saturated heterocycles. The fourth-order valence-electron chi connectivity index (χ4n) is 2.69. The summed E-state index contributed by atoms with van der Waals surface area (Å²) in [5.41, 5.74) is 1.37. The molecule has 1 fully saturated rings. The summed E-state index contributed by atoms with van der Waals surface area (Å²) in [4.78, 5) is 18.3. The van der Waals surface area contributed by atoms with Gasteiger partial charge in [0.25, 0.3) is 5.56 Å². The van der Waals surface area contributed by atoms with Crippen molar-refractivity contribution >= 4 is 17.3 Å². The zero-order valence-electron chi connectivity index (χ0n) is 13.2. The monoisotopic (exact) mass is 334 g/mol. The van der Waals surface area contributed by atoms with Gasteiger partial charge in [-0.05, 0) is 13.0 Å². The molecule has 3 rings (SSSR count). The van der Waals surface area contributed by atoms with E-state index in [1.165, 1.54) is 4.68 Å². The fraction of sp³-hybridized carbons (Fsp3) is 0.438. The average Bonchev–Trinajstić information content (AvgIpc) is 2.54. The van der Waals surface area contributed by atoms with Crippen LogP contribution in [0.15, 0.2) is 29.2 Å². The summed E-state index contributed by atoms with van der Waals surface area (Å²) in [6.07, 6.45) is 3.47. The first kappa shape index (κ1) is 15.8. The van der Waals surface area contributed by atoms with E-state index in [4.69, 9.17) is 16.3 Å². The second kappa shape index (κ2) is 6.58. The van der Waals surface area contributed by atoms with Crippen LogP contribution in [0.2, 0.25) is 5.02 Å². The lowest BCUT2D eigenvalue weighted by molar-refractivity contribution is 0.163. The van der Waals surface area contributed by atoms with E-state index < -0.39 is 0 Å². The Labute approximate surface area is 139 Å². The summed E-state index contributed by atoms with van der Waals surface area (Å²) >= 11 is 6.16. The molecule has 1 aliphatic heterocycles. The molecule has 0 radical (unpaired) electrons. The zero-order chi connectivity index (χ0) is 16.4. The molecule has 0 saturated carbocycles. The number of hydrogen-bond acceptors (Lipinski definition) is 5. The highest BCUT2D eigenvalue weighted by Crippen LogP contribution is 2.26. The van der Waals surface area contributed by atoms with E-state index >= 15 is 0 Å². The highest BCUT2D eigenvalue weighted by molar-refractivity contribution is 6.33. The second-order valence-electron chi connectivity index (χ2n) is 5.69. The number of ether oxygens (including phenoxy) is 1. The molecule has 2 aromatic rings. The van der Waals surface area contributed by atoms with Gasteiger partial charge >= 0.3 is 0 Å². The van der Waals surface area contributed by atoms with Crippen molar-refractivity contribution in [3.63, 3.8) is 0 Å². The lowest BCUT2D eigenvalue weighted by Gasteiger charge is -2.33. The lowest BCUT2D eigenvalue weighted by Crippen LogP contribution is -2.39. The van der Waals surface area contributed by atoms with Crippen molar-refractivity contribution in [3.05, 3.63) is 45.5 Å². The molecule has 0 bridgehead atoms. The quantitative estimate of drug-likeness (QED) is 0.861. The maximum absolute atomic E-state index is 11.9. The molecule has 0 atom stereocenters. The Hall–Kier alpha value is -2.08. The molecule has 0 amide bonds. The molecule has 0 aromatic carbocycles. The van der Waals surface area contributed by atoms with Gasteiger partial charge in [0.1, 0.15) is 11.1 Å². The minimum Gasteiger partial charge on any atom is -0.474 e. The Bertz CT molecular complexity index is 754. The Kier molecular flexibility index (Phi) is 4.52. The van der Waals surface area contributed by atoms with Crippen molar-refractivity contribution in [1.29, 1.82) is 0 Å². The molecule has 6 nitrogen and oxygen atoms in total. The highest BCUT2D eigenvalue weighted by Gasteiger charge is 2.23. The molecule has 0 N–H and O–H groups in total. The predicted octanol–water partition coefficient (Wildman–Crippen LogP) is 2.18. The van der Waals surface area contributed by atoms with Gasteiger partial charge in [-0.3, -0.25) is 4.79 Å². The Morgan fingerprint density at radius 1 is 1.30 bits per heavy atom. The number of anilines is 1. The topological polar surface area (TPSA) is 60.2 Å². The SMILES string of the molecule is Cc1cccc(OC2CCN(c3cnn(C)c(=O)c3Cl)CC2)n1. The van der Waals surface area contributed by atoms with Crippen molar-refractivity contribution in [2.45, 2.75) is 25.9 Å².